The van der Waals surface area contributed by atoms with Gasteiger partial charge in [-0.1, -0.05) is 19.1 Å². The van der Waals surface area contributed by atoms with Crippen LogP contribution in [0.5, 0.6) is 5.75 Å². The second-order valence-corrected chi connectivity index (χ2v) is 4.83. The Bertz CT molecular complexity index is 397. The fraction of sp³-hybridized carbons (Fsp3) is 0.462. The highest BCUT2D eigenvalue weighted by Crippen LogP contribution is 2.16. The van der Waals surface area contributed by atoms with E-state index in [1.165, 1.54) is 0 Å². The van der Waals surface area contributed by atoms with Crippen molar-refractivity contribution in [1.82, 2.24) is 5.32 Å². The van der Waals surface area contributed by atoms with E-state index in [-0.39, 0.29) is 29.8 Å². The standard InChI is InChI=1S/C13H17Cl2NO2/c1-2-13(8-14,9-15)16-12(18)7-10-4-3-5-11(17)6-10/h3-6,17H,2,7-9H2,1H3,(H,16,18). The minimum absolute atomic E-state index is 0.149. The lowest BCUT2D eigenvalue weighted by atomic mass is 10.0. The normalized spacial score (nSPS) is 11.3. The molecular weight excluding hydrogens is 273 g/mol. The topological polar surface area (TPSA) is 49.3 Å². The quantitative estimate of drug-likeness (QED) is 0.791. The predicted octanol–water partition coefficient (Wildman–Crippen LogP) is 2.68. The molecule has 1 rings (SSSR count). The molecule has 1 aromatic rings. The van der Waals surface area contributed by atoms with Gasteiger partial charge >= 0.3 is 0 Å². The number of aromatic hydroxyl groups is 1. The molecule has 0 saturated carbocycles. The molecule has 2 N–H and O–H groups in total. The van der Waals surface area contributed by atoms with Crippen LogP contribution < -0.4 is 5.32 Å². The van der Waals surface area contributed by atoms with E-state index in [0.29, 0.717) is 6.42 Å². The number of halogens is 2. The third-order valence-corrected chi connectivity index (χ3v) is 3.89. The van der Waals surface area contributed by atoms with Crippen LogP contribution in [0.1, 0.15) is 18.9 Å². The predicted molar refractivity (Wildman–Crippen MR) is 74.4 cm³/mol. The number of nitrogens with one attached hydrogen (secondary N) is 1. The summed E-state index contributed by atoms with van der Waals surface area (Å²) in [5, 5.41) is 12.2. The van der Waals surface area contributed by atoms with E-state index in [9.17, 15) is 9.90 Å². The average Bonchev–Trinajstić information content (AvgIpc) is 2.36. The molecule has 1 amide bonds. The summed E-state index contributed by atoms with van der Waals surface area (Å²) in [6.45, 7) is 1.93. The number of amides is 1. The Morgan fingerprint density at radius 2 is 2.06 bits per heavy atom. The smallest absolute Gasteiger partial charge is 0.224 e. The molecule has 0 radical (unpaired) electrons. The Balaban J connectivity index is 2.66. The van der Waals surface area contributed by atoms with Crippen LogP contribution in [-0.2, 0) is 11.2 Å². The molecule has 100 valence electrons. The van der Waals surface area contributed by atoms with Crippen LogP contribution in [0, 0.1) is 0 Å². The Labute approximate surface area is 117 Å². The van der Waals surface area contributed by atoms with Crippen LogP contribution in [0.3, 0.4) is 0 Å². The molecule has 0 atom stereocenters. The summed E-state index contributed by atoms with van der Waals surface area (Å²) in [4.78, 5) is 11.9. The van der Waals surface area contributed by atoms with E-state index >= 15 is 0 Å². The van der Waals surface area contributed by atoms with Gasteiger partial charge in [-0.25, -0.2) is 0 Å². The minimum atomic E-state index is -0.559. The first-order valence-electron chi connectivity index (χ1n) is 5.76. The van der Waals surface area contributed by atoms with Crippen molar-refractivity contribution in [1.29, 1.82) is 0 Å². The highest BCUT2D eigenvalue weighted by atomic mass is 35.5. The van der Waals surface area contributed by atoms with Crippen LogP contribution in [0.2, 0.25) is 0 Å². The Morgan fingerprint density at radius 3 is 2.56 bits per heavy atom. The number of benzene rings is 1. The van der Waals surface area contributed by atoms with Crippen molar-refractivity contribution < 1.29 is 9.90 Å². The first-order chi connectivity index (χ1) is 8.55. The van der Waals surface area contributed by atoms with Crippen LogP contribution in [-0.4, -0.2) is 28.3 Å². The Kier molecular flexibility index (Phi) is 5.76. The van der Waals surface area contributed by atoms with Crippen LogP contribution in [0.4, 0.5) is 0 Å². The zero-order valence-electron chi connectivity index (χ0n) is 10.2. The number of alkyl halides is 2. The van der Waals surface area contributed by atoms with Gasteiger partial charge in [0.15, 0.2) is 0 Å². The number of hydrogen-bond acceptors (Lipinski definition) is 2. The van der Waals surface area contributed by atoms with Gasteiger partial charge in [0, 0.05) is 11.8 Å². The summed E-state index contributed by atoms with van der Waals surface area (Å²) >= 11 is 11.7. The molecular formula is C13H17Cl2NO2. The maximum Gasteiger partial charge on any atom is 0.224 e. The van der Waals surface area contributed by atoms with Crippen molar-refractivity contribution in [3.8, 4) is 5.75 Å². The fourth-order valence-corrected chi connectivity index (χ4v) is 2.37. The number of hydrogen-bond donors (Lipinski definition) is 2. The second kappa shape index (κ2) is 6.86. The largest absolute Gasteiger partial charge is 0.508 e. The molecule has 1 aromatic carbocycles. The molecule has 0 bridgehead atoms. The van der Waals surface area contributed by atoms with Crippen molar-refractivity contribution >= 4 is 29.1 Å². The van der Waals surface area contributed by atoms with Crippen molar-refractivity contribution in [3.05, 3.63) is 29.8 Å². The summed E-state index contributed by atoms with van der Waals surface area (Å²) < 4.78 is 0. The third-order valence-electron chi connectivity index (χ3n) is 2.87. The zero-order chi connectivity index (χ0) is 13.6. The zero-order valence-corrected chi connectivity index (χ0v) is 11.8. The van der Waals surface area contributed by atoms with Crippen LogP contribution >= 0.6 is 23.2 Å². The van der Waals surface area contributed by atoms with E-state index < -0.39 is 5.54 Å². The maximum absolute atomic E-state index is 11.9. The summed E-state index contributed by atoms with van der Waals surface area (Å²) in [5.74, 6) is 0.554. The lowest BCUT2D eigenvalue weighted by molar-refractivity contribution is -0.122. The SMILES string of the molecule is CCC(CCl)(CCl)NC(=O)Cc1cccc(O)c1. The average molecular weight is 290 g/mol. The van der Waals surface area contributed by atoms with Gasteiger partial charge in [-0.2, -0.15) is 0 Å². The highest BCUT2D eigenvalue weighted by Gasteiger charge is 2.28. The van der Waals surface area contributed by atoms with Crippen molar-refractivity contribution in [3.63, 3.8) is 0 Å². The number of rotatable bonds is 6. The Hall–Kier alpha value is -0.930. The van der Waals surface area contributed by atoms with E-state index in [1.54, 1.807) is 24.3 Å². The molecule has 18 heavy (non-hydrogen) atoms. The second-order valence-electron chi connectivity index (χ2n) is 4.30. The lowest BCUT2D eigenvalue weighted by Gasteiger charge is -2.29. The van der Waals surface area contributed by atoms with E-state index in [0.717, 1.165) is 5.56 Å². The molecule has 0 aliphatic heterocycles. The van der Waals surface area contributed by atoms with Crippen molar-refractivity contribution in [2.45, 2.75) is 25.3 Å². The molecule has 0 aliphatic carbocycles. The molecule has 5 heteroatoms. The van der Waals surface area contributed by atoms with Gasteiger partial charge in [0.05, 0.1) is 12.0 Å². The number of carbonyl (C=O) groups excluding carboxylic acids is 1. The van der Waals surface area contributed by atoms with Gasteiger partial charge in [0.25, 0.3) is 0 Å². The van der Waals surface area contributed by atoms with Gasteiger partial charge in [-0.3, -0.25) is 4.79 Å². The lowest BCUT2D eigenvalue weighted by Crippen LogP contribution is -2.51. The first-order valence-corrected chi connectivity index (χ1v) is 6.83. The first kappa shape index (κ1) is 15.1. The van der Waals surface area contributed by atoms with E-state index in [1.807, 2.05) is 6.92 Å². The van der Waals surface area contributed by atoms with Crippen molar-refractivity contribution in [2.24, 2.45) is 0 Å². The molecule has 0 fully saturated rings. The van der Waals surface area contributed by atoms with Gasteiger partial charge in [-0.05, 0) is 24.1 Å². The fourth-order valence-electron chi connectivity index (χ4n) is 1.57. The summed E-state index contributed by atoms with van der Waals surface area (Å²) in [6.07, 6.45) is 0.871. The molecule has 0 heterocycles. The van der Waals surface area contributed by atoms with E-state index in [4.69, 9.17) is 23.2 Å². The van der Waals surface area contributed by atoms with Gasteiger partial charge in [0.1, 0.15) is 5.75 Å². The maximum atomic E-state index is 11.9. The molecule has 0 aliphatic rings. The van der Waals surface area contributed by atoms with Gasteiger partial charge < -0.3 is 10.4 Å². The highest BCUT2D eigenvalue weighted by molar-refractivity contribution is 6.22. The number of phenols is 1. The molecule has 0 spiro atoms. The number of carbonyl (C=O) groups is 1. The monoisotopic (exact) mass is 289 g/mol. The summed E-state index contributed by atoms with van der Waals surface area (Å²) in [5.41, 5.74) is 0.193. The van der Waals surface area contributed by atoms with Crippen molar-refractivity contribution in [2.75, 3.05) is 11.8 Å². The van der Waals surface area contributed by atoms with Crippen LogP contribution in [0.25, 0.3) is 0 Å². The van der Waals surface area contributed by atoms with E-state index in [2.05, 4.69) is 5.32 Å². The minimum Gasteiger partial charge on any atom is -0.508 e. The van der Waals surface area contributed by atoms with Gasteiger partial charge in [-0.15, -0.1) is 23.2 Å². The Morgan fingerprint density at radius 1 is 1.39 bits per heavy atom. The van der Waals surface area contributed by atoms with Gasteiger partial charge in [0.2, 0.25) is 5.91 Å². The third kappa shape index (κ3) is 4.07. The summed E-state index contributed by atoms with van der Waals surface area (Å²) in [6, 6.07) is 6.62. The molecule has 0 saturated heterocycles. The summed E-state index contributed by atoms with van der Waals surface area (Å²) in [7, 11) is 0. The number of phenolic OH excluding ortho intramolecular Hbond substituents is 1. The van der Waals surface area contributed by atoms with Crippen LogP contribution in [0.15, 0.2) is 24.3 Å². The molecule has 3 nitrogen and oxygen atoms in total. The molecule has 0 aromatic heterocycles. The molecule has 0 unspecified atom stereocenters.